The Morgan fingerprint density at radius 1 is 0.857 bits per heavy atom. The van der Waals surface area contributed by atoms with Crippen LogP contribution < -0.4 is 0 Å². The fraction of sp³-hybridized carbons (Fsp3) is 1.00. The Morgan fingerprint density at radius 3 is 1.50 bits per heavy atom. The third-order valence-electron chi connectivity index (χ3n) is 3.23. The van der Waals surface area contributed by atoms with E-state index in [0.29, 0.717) is 0 Å². The van der Waals surface area contributed by atoms with E-state index < -0.39 is 0 Å². The highest BCUT2D eigenvalue weighted by Gasteiger charge is 2.30. The van der Waals surface area contributed by atoms with E-state index >= 15 is 0 Å². The smallest absolute Gasteiger partial charge is 0.0594 e. The topological polar surface area (TPSA) is 40.5 Å². The monoisotopic (exact) mass is 202 g/mol. The van der Waals surface area contributed by atoms with Gasteiger partial charge in [-0.25, -0.2) is 0 Å². The van der Waals surface area contributed by atoms with Gasteiger partial charge in [0.25, 0.3) is 0 Å². The van der Waals surface area contributed by atoms with Gasteiger partial charge in [-0.05, 0) is 24.7 Å². The van der Waals surface area contributed by atoms with Gasteiger partial charge in [0.15, 0.2) is 0 Å². The summed E-state index contributed by atoms with van der Waals surface area (Å²) in [6.07, 6.45) is 1.25. The lowest BCUT2D eigenvalue weighted by Crippen LogP contribution is -2.36. The number of aliphatic hydroxyl groups excluding tert-OH is 2. The van der Waals surface area contributed by atoms with E-state index in [1.165, 1.54) is 0 Å². The summed E-state index contributed by atoms with van der Waals surface area (Å²) in [5.74, 6) is 0.713. The predicted molar refractivity (Wildman–Crippen MR) is 60.1 cm³/mol. The van der Waals surface area contributed by atoms with E-state index in [-0.39, 0.29) is 30.0 Å². The molecule has 0 aliphatic rings. The van der Waals surface area contributed by atoms with Gasteiger partial charge in [-0.3, -0.25) is 0 Å². The van der Waals surface area contributed by atoms with Crippen molar-refractivity contribution < 1.29 is 10.2 Å². The quantitative estimate of drug-likeness (QED) is 0.694. The maximum Gasteiger partial charge on any atom is 0.0594 e. The van der Waals surface area contributed by atoms with E-state index in [1.54, 1.807) is 0 Å². The molecule has 2 nitrogen and oxygen atoms in total. The molecule has 0 aromatic carbocycles. The van der Waals surface area contributed by atoms with Crippen LogP contribution in [0.25, 0.3) is 0 Å². The molecule has 14 heavy (non-hydrogen) atoms. The second-order valence-corrected chi connectivity index (χ2v) is 4.62. The van der Waals surface area contributed by atoms with Crippen LogP contribution in [0.2, 0.25) is 0 Å². The maximum atomic E-state index is 10.0. The minimum absolute atomic E-state index is 0.220. The third kappa shape index (κ3) is 3.58. The van der Waals surface area contributed by atoms with E-state index in [0.717, 1.165) is 12.8 Å². The van der Waals surface area contributed by atoms with Crippen molar-refractivity contribution in [3.05, 3.63) is 0 Å². The number of hydrogen-bond donors (Lipinski definition) is 2. The lowest BCUT2D eigenvalue weighted by Gasteiger charge is -2.33. The van der Waals surface area contributed by atoms with Crippen molar-refractivity contribution >= 4 is 0 Å². The fourth-order valence-corrected chi connectivity index (χ4v) is 2.29. The molecule has 0 aliphatic heterocycles. The standard InChI is InChI=1S/C12H26O2/c1-6-10(9(5)13)11(7-2)12(14)8(3)4/h8-14H,6-7H2,1-5H3. The summed E-state index contributed by atoms with van der Waals surface area (Å²) < 4.78 is 0. The third-order valence-corrected chi connectivity index (χ3v) is 3.23. The van der Waals surface area contributed by atoms with Gasteiger partial charge in [-0.2, -0.15) is 0 Å². The van der Waals surface area contributed by atoms with Crippen molar-refractivity contribution in [2.24, 2.45) is 17.8 Å². The van der Waals surface area contributed by atoms with Crippen LogP contribution in [0.1, 0.15) is 47.5 Å². The first-order valence-electron chi connectivity index (χ1n) is 5.81. The zero-order valence-electron chi connectivity index (χ0n) is 10.2. The summed E-state index contributed by atoms with van der Waals surface area (Å²) in [7, 11) is 0. The Morgan fingerprint density at radius 2 is 1.29 bits per heavy atom. The lowest BCUT2D eigenvalue weighted by molar-refractivity contribution is -0.0107. The summed E-state index contributed by atoms with van der Waals surface area (Å²) in [5.41, 5.74) is 0. The molecule has 0 heterocycles. The molecule has 0 aromatic rings. The van der Waals surface area contributed by atoms with Crippen molar-refractivity contribution in [3.8, 4) is 0 Å². The molecule has 0 saturated heterocycles. The van der Waals surface area contributed by atoms with Crippen molar-refractivity contribution in [2.45, 2.75) is 59.7 Å². The van der Waals surface area contributed by atoms with Gasteiger partial charge in [0.2, 0.25) is 0 Å². The van der Waals surface area contributed by atoms with Crippen LogP contribution in [0.5, 0.6) is 0 Å². The molecule has 0 amide bonds. The van der Waals surface area contributed by atoms with E-state index in [9.17, 15) is 10.2 Å². The molecule has 0 bridgehead atoms. The van der Waals surface area contributed by atoms with Gasteiger partial charge in [0.1, 0.15) is 0 Å². The number of aliphatic hydroxyl groups is 2. The fourth-order valence-electron chi connectivity index (χ4n) is 2.29. The summed E-state index contributed by atoms with van der Waals surface area (Å²) in [6.45, 7) is 10.0. The number of rotatable bonds is 6. The first-order valence-corrected chi connectivity index (χ1v) is 5.81. The van der Waals surface area contributed by atoms with Gasteiger partial charge in [-0.15, -0.1) is 0 Å². The molecule has 0 aliphatic carbocycles. The minimum atomic E-state index is -0.321. The van der Waals surface area contributed by atoms with Gasteiger partial charge >= 0.3 is 0 Å². The molecule has 0 spiro atoms. The van der Waals surface area contributed by atoms with Crippen molar-refractivity contribution in [2.75, 3.05) is 0 Å². The van der Waals surface area contributed by atoms with E-state index in [2.05, 4.69) is 13.8 Å². The van der Waals surface area contributed by atoms with E-state index in [1.807, 2.05) is 20.8 Å². The lowest BCUT2D eigenvalue weighted by atomic mass is 9.77. The molecular weight excluding hydrogens is 176 g/mol. The second kappa shape index (κ2) is 6.41. The van der Waals surface area contributed by atoms with Gasteiger partial charge in [0.05, 0.1) is 12.2 Å². The largest absolute Gasteiger partial charge is 0.393 e. The van der Waals surface area contributed by atoms with Crippen LogP contribution in [-0.2, 0) is 0 Å². The average molecular weight is 202 g/mol. The first kappa shape index (κ1) is 13.9. The molecular formula is C12H26O2. The zero-order chi connectivity index (χ0) is 11.3. The summed E-state index contributed by atoms with van der Waals surface area (Å²) in [5, 5.41) is 19.7. The molecule has 0 aromatic heterocycles. The Labute approximate surface area is 88.3 Å². The Hall–Kier alpha value is -0.0800. The van der Waals surface area contributed by atoms with Crippen LogP contribution in [0.15, 0.2) is 0 Å². The average Bonchev–Trinajstić information content (AvgIpc) is 2.11. The van der Waals surface area contributed by atoms with Crippen molar-refractivity contribution in [1.29, 1.82) is 0 Å². The molecule has 4 atom stereocenters. The predicted octanol–water partition coefficient (Wildman–Crippen LogP) is 2.44. The van der Waals surface area contributed by atoms with Crippen molar-refractivity contribution in [3.63, 3.8) is 0 Å². The highest BCUT2D eigenvalue weighted by molar-refractivity contribution is 4.79. The Kier molecular flexibility index (Phi) is 6.38. The SMILES string of the molecule is CCC(C(C)O)C(CC)C(O)C(C)C. The van der Waals surface area contributed by atoms with Gasteiger partial charge in [-0.1, -0.05) is 40.5 Å². The molecule has 0 rings (SSSR count). The highest BCUT2D eigenvalue weighted by Crippen LogP contribution is 2.29. The summed E-state index contributed by atoms with van der Waals surface area (Å²) in [6, 6.07) is 0. The van der Waals surface area contributed by atoms with Crippen LogP contribution in [0, 0.1) is 17.8 Å². The number of hydrogen-bond acceptors (Lipinski definition) is 2. The molecule has 2 N–H and O–H groups in total. The van der Waals surface area contributed by atoms with Gasteiger partial charge in [0, 0.05) is 0 Å². The van der Waals surface area contributed by atoms with Crippen LogP contribution in [0.4, 0.5) is 0 Å². The molecule has 86 valence electrons. The molecule has 4 unspecified atom stereocenters. The van der Waals surface area contributed by atoms with Crippen molar-refractivity contribution in [1.82, 2.24) is 0 Å². The van der Waals surface area contributed by atoms with E-state index in [4.69, 9.17) is 0 Å². The first-order chi connectivity index (χ1) is 6.45. The van der Waals surface area contributed by atoms with Crippen LogP contribution in [-0.4, -0.2) is 22.4 Å². The molecule has 2 heteroatoms. The van der Waals surface area contributed by atoms with Gasteiger partial charge < -0.3 is 10.2 Å². The molecule has 0 fully saturated rings. The Bertz CT molecular complexity index is 143. The summed E-state index contributed by atoms with van der Waals surface area (Å²) >= 11 is 0. The normalized spacial score (nSPS) is 20.6. The molecule has 0 saturated carbocycles. The highest BCUT2D eigenvalue weighted by atomic mass is 16.3. The van der Waals surface area contributed by atoms with Crippen LogP contribution >= 0.6 is 0 Å². The molecule has 0 radical (unpaired) electrons. The second-order valence-electron chi connectivity index (χ2n) is 4.62. The maximum absolute atomic E-state index is 10.0. The Balaban J connectivity index is 4.50. The summed E-state index contributed by atoms with van der Waals surface area (Å²) in [4.78, 5) is 0. The zero-order valence-corrected chi connectivity index (χ0v) is 10.2. The van der Waals surface area contributed by atoms with Crippen LogP contribution in [0.3, 0.4) is 0 Å². The minimum Gasteiger partial charge on any atom is -0.393 e.